The van der Waals surface area contributed by atoms with E-state index < -0.39 is 0 Å². The Kier molecular flexibility index (Phi) is 4.87. The highest BCUT2D eigenvalue weighted by molar-refractivity contribution is 5.89. The van der Waals surface area contributed by atoms with Crippen LogP contribution in [0, 0.1) is 6.92 Å². The number of hydrogen-bond acceptors (Lipinski definition) is 4. The summed E-state index contributed by atoms with van der Waals surface area (Å²) in [7, 11) is 0. The van der Waals surface area contributed by atoms with Crippen molar-refractivity contribution in [2.75, 3.05) is 5.73 Å². The van der Waals surface area contributed by atoms with Gasteiger partial charge in [-0.25, -0.2) is 9.97 Å². The van der Waals surface area contributed by atoms with Crippen molar-refractivity contribution in [3.8, 4) is 0 Å². The molecular weight excluding hydrogens is 334 g/mol. The summed E-state index contributed by atoms with van der Waals surface area (Å²) in [6.07, 6.45) is 6.74. The lowest BCUT2D eigenvalue weighted by molar-refractivity contribution is 0.685. The number of nitrogens with zero attached hydrogens (tertiary/aromatic N) is 3. The van der Waals surface area contributed by atoms with Gasteiger partial charge in [-0.15, -0.1) is 0 Å². The summed E-state index contributed by atoms with van der Waals surface area (Å²) < 4.78 is 2.34. The van der Waals surface area contributed by atoms with E-state index in [-0.39, 0.29) is 6.04 Å². The van der Waals surface area contributed by atoms with Crippen molar-refractivity contribution >= 4 is 16.9 Å². The highest BCUT2D eigenvalue weighted by atomic mass is 15.1. The van der Waals surface area contributed by atoms with Crippen LogP contribution in [0.4, 0.5) is 5.82 Å². The molecule has 0 aliphatic heterocycles. The zero-order chi connectivity index (χ0) is 19.0. The number of rotatable bonds is 4. The maximum absolute atomic E-state index is 6.27. The molecular formula is C22H29N5. The third-order valence-electron chi connectivity index (χ3n) is 5.76. The number of anilines is 1. The van der Waals surface area contributed by atoms with Gasteiger partial charge in [0.05, 0.1) is 5.52 Å². The number of pyridine rings is 1. The van der Waals surface area contributed by atoms with Gasteiger partial charge in [-0.05, 0) is 62.6 Å². The zero-order valence-corrected chi connectivity index (χ0v) is 16.3. The molecule has 4 rings (SSSR count). The second-order valence-electron chi connectivity index (χ2n) is 7.77. The van der Waals surface area contributed by atoms with Crippen molar-refractivity contribution < 1.29 is 0 Å². The molecule has 1 unspecified atom stereocenters. The first-order chi connectivity index (χ1) is 13.0. The molecule has 1 atom stereocenters. The lowest BCUT2D eigenvalue weighted by Crippen LogP contribution is -2.08. The van der Waals surface area contributed by atoms with Crippen molar-refractivity contribution in [2.24, 2.45) is 5.73 Å². The van der Waals surface area contributed by atoms with Gasteiger partial charge in [0.2, 0.25) is 0 Å². The van der Waals surface area contributed by atoms with E-state index in [4.69, 9.17) is 21.4 Å². The molecule has 5 nitrogen and oxygen atoms in total. The quantitative estimate of drug-likeness (QED) is 0.690. The van der Waals surface area contributed by atoms with Crippen LogP contribution in [0.2, 0.25) is 0 Å². The Bertz CT molecular complexity index is 953. The molecule has 0 bridgehead atoms. The largest absolute Gasteiger partial charge is 0.382 e. The van der Waals surface area contributed by atoms with E-state index in [0.717, 1.165) is 37.1 Å². The highest BCUT2D eigenvalue weighted by Crippen LogP contribution is 2.31. The summed E-state index contributed by atoms with van der Waals surface area (Å²) in [5.41, 5.74) is 19.3. The second-order valence-corrected chi connectivity index (χ2v) is 7.77. The summed E-state index contributed by atoms with van der Waals surface area (Å²) in [6, 6.07) is 8.71. The van der Waals surface area contributed by atoms with Crippen LogP contribution in [0.1, 0.15) is 60.4 Å². The highest BCUT2D eigenvalue weighted by Gasteiger charge is 2.20. The van der Waals surface area contributed by atoms with Gasteiger partial charge in [0.1, 0.15) is 11.3 Å². The van der Waals surface area contributed by atoms with Gasteiger partial charge in [-0.1, -0.05) is 30.7 Å². The van der Waals surface area contributed by atoms with Gasteiger partial charge < -0.3 is 16.0 Å². The van der Waals surface area contributed by atoms with Crippen LogP contribution in [-0.2, 0) is 25.8 Å². The smallest absolute Gasteiger partial charge is 0.151 e. The Morgan fingerprint density at radius 3 is 2.56 bits per heavy atom. The number of benzene rings is 1. The molecule has 142 valence electrons. The van der Waals surface area contributed by atoms with Crippen LogP contribution in [0.5, 0.6) is 0 Å². The normalized spacial score (nSPS) is 15.5. The van der Waals surface area contributed by atoms with Gasteiger partial charge in [-0.3, -0.25) is 0 Å². The Balaban J connectivity index is 1.69. The van der Waals surface area contributed by atoms with Crippen molar-refractivity contribution in [3.05, 3.63) is 52.5 Å². The predicted octanol–water partition coefficient (Wildman–Crippen LogP) is 3.85. The Labute approximate surface area is 160 Å². The van der Waals surface area contributed by atoms with Gasteiger partial charge >= 0.3 is 0 Å². The molecule has 0 saturated heterocycles. The molecule has 0 radical (unpaired) electrons. The van der Waals surface area contributed by atoms with Crippen molar-refractivity contribution in [1.82, 2.24) is 14.5 Å². The summed E-state index contributed by atoms with van der Waals surface area (Å²) >= 11 is 0. The minimum atomic E-state index is 0.0739. The van der Waals surface area contributed by atoms with E-state index in [1.54, 1.807) is 0 Å². The summed E-state index contributed by atoms with van der Waals surface area (Å²) in [5, 5.41) is 0. The number of imidazole rings is 1. The Hall–Kier alpha value is -2.40. The van der Waals surface area contributed by atoms with Crippen LogP contribution < -0.4 is 11.5 Å². The topological polar surface area (TPSA) is 82.8 Å². The lowest BCUT2D eigenvalue weighted by atomic mass is 10.0. The molecule has 2 heterocycles. The van der Waals surface area contributed by atoms with Crippen LogP contribution >= 0.6 is 0 Å². The second kappa shape index (κ2) is 7.31. The molecule has 3 aromatic rings. The minimum absolute atomic E-state index is 0.0739. The third-order valence-corrected chi connectivity index (χ3v) is 5.76. The van der Waals surface area contributed by atoms with Gasteiger partial charge in [-0.2, -0.15) is 0 Å². The first-order valence-electron chi connectivity index (χ1n) is 10.0. The Morgan fingerprint density at radius 1 is 1.07 bits per heavy atom. The number of fused-ring (bicyclic) bond motifs is 3. The van der Waals surface area contributed by atoms with E-state index in [1.807, 2.05) is 6.92 Å². The average Bonchev–Trinajstić information content (AvgIpc) is 2.82. The van der Waals surface area contributed by atoms with Crippen molar-refractivity contribution in [1.29, 1.82) is 0 Å². The van der Waals surface area contributed by atoms with Gasteiger partial charge in [0, 0.05) is 18.3 Å². The van der Waals surface area contributed by atoms with Crippen LogP contribution in [0.3, 0.4) is 0 Å². The molecule has 0 spiro atoms. The fourth-order valence-electron chi connectivity index (χ4n) is 4.19. The molecule has 4 N–H and O–H groups in total. The molecule has 0 fully saturated rings. The van der Waals surface area contributed by atoms with E-state index in [1.165, 1.54) is 47.2 Å². The monoisotopic (exact) mass is 363 g/mol. The number of hydrogen-bond donors (Lipinski definition) is 2. The zero-order valence-electron chi connectivity index (χ0n) is 16.3. The van der Waals surface area contributed by atoms with Crippen LogP contribution in [-0.4, -0.2) is 14.5 Å². The van der Waals surface area contributed by atoms with Gasteiger partial charge in [0.15, 0.2) is 5.82 Å². The molecule has 0 amide bonds. The molecule has 1 aromatic carbocycles. The van der Waals surface area contributed by atoms with E-state index >= 15 is 0 Å². The molecule has 1 aliphatic rings. The van der Waals surface area contributed by atoms with Crippen molar-refractivity contribution in [2.45, 2.75) is 65.0 Å². The number of nitrogens with two attached hydrogens (primary N) is 2. The molecule has 1 aliphatic carbocycles. The fourth-order valence-corrected chi connectivity index (χ4v) is 4.19. The number of aryl methyl sites for hydroxylation is 5. The van der Waals surface area contributed by atoms with E-state index in [9.17, 15) is 0 Å². The lowest BCUT2D eigenvalue weighted by Gasteiger charge is -2.13. The number of aromatic nitrogens is 3. The van der Waals surface area contributed by atoms with Crippen LogP contribution in [0.25, 0.3) is 11.0 Å². The molecule has 2 aromatic heterocycles. The molecule has 0 saturated carbocycles. The van der Waals surface area contributed by atoms with Crippen LogP contribution in [0.15, 0.2) is 24.3 Å². The number of nitrogen functional groups attached to an aromatic ring is 1. The standard InChI is InChI=1S/C22H29N5/c1-14(23)17-10-8-16(9-11-17)12-13-27-15(2)25-20-21(27)18-6-4-3-5-7-19(18)26-22(20)24/h8-11,14H,3-7,12-13,23H2,1-2H3,(H2,24,26). The molecule has 5 heteroatoms. The average molecular weight is 364 g/mol. The summed E-state index contributed by atoms with van der Waals surface area (Å²) in [6.45, 7) is 4.98. The van der Waals surface area contributed by atoms with Crippen molar-refractivity contribution in [3.63, 3.8) is 0 Å². The maximum atomic E-state index is 6.27. The summed E-state index contributed by atoms with van der Waals surface area (Å²) in [4.78, 5) is 9.45. The minimum Gasteiger partial charge on any atom is -0.382 e. The van der Waals surface area contributed by atoms with E-state index in [0.29, 0.717) is 5.82 Å². The third kappa shape index (κ3) is 3.44. The fraction of sp³-hybridized carbons (Fsp3) is 0.455. The first-order valence-corrected chi connectivity index (χ1v) is 10.0. The first kappa shape index (κ1) is 18.0. The summed E-state index contributed by atoms with van der Waals surface area (Å²) in [5.74, 6) is 1.59. The van der Waals surface area contributed by atoms with E-state index in [2.05, 4.69) is 35.8 Å². The predicted molar refractivity (Wildman–Crippen MR) is 111 cm³/mol. The molecule has 27 heavy (non-hydrogen) atoms. The van der Waals surface area contributed by atoms with Gasteiger partial charge in [0.25, 0.3) is 0 Å². The Morgan fingerprint density at radius 2 is 1.81 bits per heavy atom. The maximum Gasteiger partial charge on any atom is 0.151 e. The SMILES string of the molecule is Cc1nc2c(N)nc3c(c2n1CCc1ccc(C(C)N)cc1)CCCCC3.